The van der Waals surface area contributed by atoms with Crippen LogP contribution in [0.3, 0.4) is 0 Å². The van der Waals surface area contributed by atoms with Gasteiger partial charge in [0.1, 0.15) is 0 Å². The van der Waals surface area contributed by atoms with Crippen LogP contribution in [-0.4, -0.2) is 31.2 Å². The molecular weight excluding hydrogens is 240 g/mol. The Morgan fingerprint density at radius 1 is 1.47 bits per heavy atom. The zero-order valence-electron chi connectivity index (χ0n) is 11.6. The van der Waals surface area contributed by atoms with E-state index in [2.05, 4.69) is 22.8 Å². The van der Waals surface area contributed by atoms with E-state index in [9.17, 15) is 4.79 Å². The van der Waals surface area contributed by atoms with Gasteiger partial charge in [-0.3, -0.25) is 4.79 Å². The zero-order valence-corrected chi connectivity index (χ0v) is 11.6. The highest BCUT2D eigenvalue weighted by Gasteiger charge is 2.23. The maximum atomic E-state index is 12.1. The molecule has 0 aliphatic carbocycles. The number of fused-ring (bicyclic) bond motifs is 1. The number of hydrogen-bond acceptors (Lipinski definition) is 3. The van der Waals surface area contributed by atoms with Crippen molar-refractivity contribution in [3.8, 4) is 0 Å². The van der Waals surface area contributed by atoms with Gasteiger partial charge >= 0.3 is 0 Å². The Bertz CT molecular complexity index is 434. The van der Waals surface area contributed by atoms with Gasteiger partial charge < -0.3 is 15.4 Å². The molecule has 1 aromatic rings. The molecule has 1 heterocycles. The molecule has 19 heavy (non-hydrogen) atoms. The quantitative estimate of drug-likeness (QED) is 0.839. The molecule has 0 fully saturated rings. The van der Waals surface area contributed by atoms with E-state index < -0.39 is 0 Å². The normalized spacial score (nSPS) is 19.6. The summed E-state index contributed by atoms with van der Waals surface area (Å²) < 4.78 is 5.40. The van der Waals surface area contributed by atoms with Crippen molar-refractivity contribution in [1.29, 1.82) is 0 Å². The predicted molar refractivity (Wildman–Crippen MR) is 74.9 cm³/mol. The van der Waals surface area contributed by atoms with Gasteiger partial charge in [0.25, 0.3) is 0 Å². The monoisotopic (exact) mass is 262 g/mol. The number of carbonyl (C=O) groups excluding carboxylic acids is 1. The molecule has 2 rings (SSSR count). The van der Waals surface area contributed by atoms with Gasteiger partial charge in [-0.2, -0.15) is 0 Å². The van der Waals surface area contributed by atoms with Gasteiger partial charge in [0.05, 0.1) is 12.1 Å². The Morgan fingerprint density at radius 2 is 2.21 bits per heavy atom. The van der Waals surface area contributed by atoms with Crippen molar-refractivity contribution >= 4 is 5.91 Å². The molecule has 2 N–H and O–H groups in total. The highest BCUT2D eigenvalue weighted by atomic mass is 16.5. The van der Waals surface area contributed by atoms with E-state index in [0.29, 0.717) is 13.2 Å². The highest BCUT2D eigenvalue weighted by Crippen LogP contribution is 2.16. The standard InChI is InChI=1S/C15H22N2O2/c1-3-19-11(2)9-17-15(18)14-8-12-6-4-5-7-13(12)10-16-14/h4-7,11,14,16H,3,8-10H2,1-2H3,(H,17,18)/t11?,14-/m1/s1. The zero-order chi connectivity index (χ0) is 13.7. The summed E-state index contributed by atoms with van der Waals surface area (Å²) >= 11 is 0. The van der Waals surface area contributed by atoms with E-state index >= 15 is 0 Å². The van der Waals surface area contributed by atoms with Crippen molar-refractivity contribution in [2.45, 2.75) is 39.0 Å². The molecule has 1 aromatic carbocycles. The number of rotatable bonds is 5. The third-order valence-corrected chi connectivity index (χ3v) is 3.41. The number of carbonyl (C=O) groups is 1. The van der Waals surface area contributed by atoms with Gasteiger partial charge in [-0.05, 0) is 31.4 Å². The lowest BCUT2D eigenvalue weighted by molar-refractivity contribution is -0.123. The van der Waals surface area contributed by atoms with Crippen LogP contribution < -0.4 is 10.6 Å². The first-order chi connectivity index (χ1) is 9.20. The van der Waals surface area contributed by atoms with Crippen molar-refractivity contribution in [2.24, 2.45) is 0 Å². The van der Waals surface area contributed by atoms with E-state index in [1.54, 1.807) is 0 Å². The predicted octanol–water partition coefficient (Wildman–Crippen LogP) is 1.24. The topological polar surface area (TPSA) is 50.4 Å². The number of benzene rings is 1. The fraction of sp³-hybridized carbons (Fsp3) is 0.533. The van der Waals surface area contributed by atoms with Crippen LogP contribution in [0.4, 0.5) is 0 Å². The maximum absolute atomic E-state index is 12.1. The molecular formula is C15H22N2O2. The van der Waals surface area contributed by atoms with Crippen molar-refractivity contribution in [3.05, 3.63) is 35.4 Å². The average molecular weight is 262 g/mol. The van der Waals surface area contributed by atoms with Gasteiger partial charge in [0.2, 0.25) is 5.91 Å². The maximum Gasteiger partial charge on any atom is 0.237 e. The Balaban J connectivity index is 1.85. The van der Waals surface area contributed by atoms with E-state index in [1.165, 1.54) is 11.1 Å². The number of nitrogens with one attached hydrogen (secondary N) is 2. The summed E-state index contributed by atoms with van der Waals surface area (Å²) in [6.07, 6.45) is 0.815. The minimum Gasteiger partial charge on any atom is -0.377 e. The Labute approximate surface area is 114 Å². The molecule has 1 amide bonds. The number of amides is 1. The lowest BCUT2D eigenvalue weighted by Gasteiger charge is -2.25. The van der Waals surface area contributed by atoms with Crippen LogP contribution in [0.2, 0.25) is 0 Å². The molecule has 4 heteroatoms. The minimum absolute atomic E-state index is 0.0565. The summed E-state index contributed by atoms with van der Waals surface area (Å²) in [5, 5.41) is 6.22. The molecule has 0 radical (unpaired) electrons. The first-order valence-electron chi connectivity index (χ1n) is 6.90. The van der Waals surface area contributed by atoms with Gasteiger partial charge in [-0.1, -0.05) is 24.3 Å². The van der Waals surface area contributed by atoms with E-state index in [-0.39, 0.29) is 18.1 Å². The largest absolute Gasteiger partial charge is 0.377 e. The van der Waals surface area contributed by atoms with Gasteiger partial charge in [0.15, 0.2) is 0 Å². The average Bonchev–Trinajstić information content (AvgIpc) is 2.44. The smallest absolute Gasteiger partial charge is 0.237 e. The van der Waals surface area contributed by atoms with E-state index in [1.807, 2.05) is 26.0 Å². The van der Waals surface area contributed by atoms with Crippen molar-refractivity contribution in [3.63, 3.8) is 0 Å². The molecule has 1 unspecified atom stereocenters. The second-order valence-corrected chi connectivity index (χ2v) is 4.92. The first-order valence-corrected chi connectivity index (χ1v) is 6.90. The third kappa shape index (κ3) is 3.78. The van der Waals surface area contributed by atoms with Gasteiger partial charge in [0, 0.05) is 19.7 Å². The molecule has 1 aliphatic rings. The summed E-state index contributed by atoms with van der Waals surface area (Å²) in [4.78, 5) is 12.1. The molecule has 104 valence electrons. The molecule has 0 saturated carbocycles. The first kappa shape index (κ1) is 14.0. The highest BCUT2D eigenvalue weighted by molar-refractivity contribution is 5.82. The van der Waals surface area contributed by atoms with Crippen molar-refractivity contribution in [2.75, 3.05) is 13.2 Å². The van der Waals surface area contributed by atoms with Crippen LogP contribution in [-0.2, 0) is 22.5 Å². The van der Waals surface area contributed by atoms with E-state index in [4.69, 9.17) is 4.74 Å². The van der Waals surface area contributed by atoms with Crippen LogP contribution in [0.15, 0.2) is 24.3 Å². The lowest BCUT2D eigenvalue weighted by Crippen LogP contribution is -2.49. The summed E-state index contributed by atoms with van der Waals surface area (Å²) in [6, 6.07) is 8.12. The summed E-state index contributed by atoms with van der Waals surface area (Å²) in [5.41, 5.74) is 2.55. The van der Waals surface area contributed by atoms with Crippen LogP contribution in [0.5, 0.6) is 0 Å². The van der Waals surface area contributed by atoms with Crippen molar-refractivity contribution in [1.82, 2.24) is 10.6 Å². The minimum atomic E-state index is -0.135. The summed E-state index contributed by atoms with van der Waals surface area (Å²) in [5.74, 6) is 0.0565. The summed E-state index contributed by atoms with van der Waals surface area (Å²) in [6.45, 7) is 5.92. The SMILES string of the molecule is CCOC(C)CNC(=O)[C@H]1Cc2ccccc2CN1. The summed E-state index contributed by atoms with van der Waals surface area (Å²) in [7, 11) is 0. The Morgan fingerprint density at radius 3 is 2.95 bits per heavy atom. The molecule has 2 atom stereocenters. The second kappa shape index (κ2) is 6.68. The lowest BCUT2D eigenvalue weighted by atomic mass is 9.95. The van der Waals surface area contributed by atoms with Gasteiger partial charge in [-0.25, -0.2) is 0 Å². The Kier molecular flexibility index (Phi) is 4.93. The molecule has 4 nitrogen and oxygen atoms in total. The van der Waals surface area contributed by atoms with Gasteiger partial charge in [-0.15, -0.1) is 0 Å². The number of hydrogen-bond donors (Lipinski definition) is 2. The van der Waals surface area contributed by atoms with Crippen LogP contribution in [0, 0.1) is 0 Å². The van der Waals surface area contributed by atoms with E-state index in [0.717, 1.165) is 13.0 Å². The second-order valence-electron chi connectivity index (χ2n) is 4.92. The fourth-order valence-corrected chi connectivity index (χ4v) is 2.35. The third-order valence-electron chi connectivity index (χ3n) is 3.41. The van der Waals surface area contributed by atoms with Crippen LogP contribution in [0.25, 0.3) is 0 Å². The van der Waals surface area contributed by atoms with Crippen molar-refractivity contribution < 1.29 is 9.53 Å². The Hall–Kier alpha value is -1.39. The molecule has 0 saturated heterocycles. The van der Waals surface area contributed by atoms with Crippen LogP contribution >= 0.6 is 0 Å². The molecule has 0 spiro atoms. The number of ether oxygens (including phenoxy) is 1. The molecule has 0 bridgehead atoms. The molecule has 0 aromatic heterocycles. The van der Waals surface area contributed by atoms with Crippen LogP contribution in [0.1, 0.15) is 25.0 Å². The molecule has 1 aliphatic heterocycles. The fourth-order valence-electron chi connectivity index (χ4n) is 2.35.